The molecule has 3 saturated heterocycles. The Hall–Kier alpha value is -2.51. The number of carbonyl (C=O) groups is 3. The van der Waals surface area contributed by atoms with Crippen molar-refractivity contribution in [2.24, 2.45) is 11.8 Å². The van der Waals surface area contributed by atoms with Crippen molar-refractivity contribution in [3.8, 4) is 0 Å². The van der Waals surface area contributed by atoms with Crippen molar-refractivity contribution in [1.82, 2.24) is 4.90 Å². The van der Waals surface area contributed by atoms with Crippen LogP contribution in [0.25, 0.3) is 0 Å². The Kier molecular flexibility index (Phi) is 4.02. The van der Waals surface area contributed by atoms with Crippen molar-refractivity contribution in [1.29, 1.82) is 0 Å². The number of imide groups is 1. The standard InChI is InChI=1S/C24H22BrN3O3/c1-2-26-17-7-4-3-6-16(17)24(23(26)31)20-19(18-8-5-13-27(18)24)21(29)28(22(20)30)15-11-9-14(25)10-12-15/h3-4,6-7,9-12,18-20H,2,5,8,13H2,1H3/t18-,19+,20+,24+/m1/s1. The summed E-state index contributed by atoms with van der Waals surface area (Å²) in [6.07, 6.45) is 1.76. The maximum atomic E-state index is 14.0. The van der Waals surface area contributed by atoms with Gasteiger partial charge < -0.3 is 4.90 Å². The number of carbonyl (C=O) groups excluding carboxylic acids is 3. The van der Waals surface area contributed by atoms with Crippen LogP contribution in [0.3, 0.4) is 0 Å². The number of rotatable bonds is 2. The van der Waals surface area contributed by atoms with Gasteiger partial charge in [0.1, 0.15) is 5.54 Å². The van der Waals surface area contributed by atoms with Crippen molar-refractivity contribution >= 4 is 45.0 Å². The van der Waals surface area contributed by atoms with Crippen molar-refractivity contribution in [3.63, 3.8) is 0 Å². The van der Waals surface area contributed by atoms with Gasteiger partial charge in [-0.25, -0.2) is 4.90 Å². The number of para-hydroxylation sites is 1. The van der Waals surface area contributed by atoms with Crippen molar-refractivity contribution < 1.29 is 14.4 Å². The summed E-state index contributed by atoms with van der Waals surface area (Å²) in [4.78, 5) is 46.9. The molecule has 0 unspecified atom stereocenters. The number of likely N-dealkylation sites (N-methyl/N-ethyl adjacent to an activating group) is 1. The van der Waals surface area contributed by atoms with Crippen molar-refractivity contribution in [3.05, 3.63) is 58.6 Å². The lowest BCUT2D eigenvalue weighted by molar-refractivity contribution is -0.137. The third-order valence-electron chi connectivity index (χ3n) is 7.55. The molecule has 31 heavy (non-hydrogen) atoms. The number of hydrogen-bond donors (Lipinski definition) is 0. The lowest BCUT2D eigenvalue weighted by atomic mass is 9.75. The molecule has 1 spiro atoms. The minimum atomic E-state index is -1.09. The van der Waals surface area contributed by atoms with E-state index in [4.69, 9.17) is 0 Å². The first-order chi connectivity index (χ1) is 15.0. The fourth-order valence-electron chi connectivity index (χ4n) is 6.50. The Balaban J connectivity index is 1.57. The van der Waals surface area contributed by atoms with Crippen LogP contribution in [0.4, 0.5) is 11.4 Å². The molecule has 3 amide bonds. The molecule has 3 fully saturated rings. The minimum Gasteiger partial charge on any atom is -0.310 e. The molecule has 0 aliphatic carbocycles. The minimum absolute atomic E-state index is 0.0607. The van der Waals surface area contributed by atoms with Crippen molar-refractivity contribution in [2.45, 2.75) is 31.3 Å². The topological polar surface area (TPSA) is 60.9 Å². The molecule has 7 heteroatoms. The first-order valence-corrected chi connectivity index (χ1v) is 11.6. The summed E-state index contributed by atoms with van der Waals surface area (Å²) in [5, 5.41) is 0. The van der Waals surface area contributed by atoms with Crippen LogP contribution in [-0.4, -0.2) is 41.8 Å². The van der Waals surface area contributed by atoms with Crippen LogP contribution in [0.1, 0.15) is 25.3 Å². The van der Waals surface area contributed by atoms with Gasteiger partial charge in [-0.3, -0.25) is 19.3 Å². The normalized spacial score (nSPS) is 31.7. The predicted molar refractivity (Wildman–Crippen MR) is 119 cm³/mol. The number of fused-ring (bicyclic) bond motifs is 7. The molecule has 4 aliphatic rings. The van der Waals surface area contributed by atoms with Gasteiger partial charge in [0.05, 0.1) is 17.5 Å². The van der Waals surface area contributed by atoms with E-state index < -0.39 is 17.4 Å². The zero-order valence-electron chi connectivity index (χ0n) is 17.1. The summed E-state index contributed by atoms with van der Waals surface area (Å²) < 4.78 is 0.882. The first-order valence-electron chi connectivity index (χ1n) is 10.8. The van der Waals surface area contributed by atoms with E-state index in [0.29, 0.717) is 12.2 Å². The van der Waals surface area contributed by atoms with Crippen LogP contribution in [-0.2, 0) is 19.9 Å². The average molecular weight is 480 g/mol. The molecule has 158 valence electrons. The van der Waals surface area contributed by atoms with E-state index in [0.717, 1.165) is 35.1 Å². The highest BCUT2D eigenvalue weighted by Crippen LogP contribution is 2.61. The summed E-state index contributed by atoms with van der Waals surface area (Å²) in [6.45, 7) is 3.22. The van der Waals surface area contributed by atoms with Crippen LogP contribution >= 0.6 is 15.9 Å². The van der Waals surface area contributed by atoms with E-state index in [1.165, 1.54) is 4.90 Å². The van der Waals surface area contributed by atoms with Crippen LogP contribution in [0, 0.1) is 11.8 Å². The quantitative estimate of drug-likeness (QED) is 0.620. The van der Waals surface area contributed by atoms with Gasteiger partial charge in [-0.1, -0.05) is 34.1 Å². The van der Waals surface area contributed by atoms with E-state index in [2.05, 4.69) is 20.8 Å². The van der Waals surface area contributed by atoms with Gasteiger partial charge in [0.15, 0.2) is 0 Å². The third kappa shape index (κ3) is 2.18. The molecule has 6 nitrogen and oxygen atoms in total. The second kappa shape index (κ2) is 6.50. The predicted octanol–water partition coefficient (Wildman–Crippen LogP) is 3.29. The Labute approximate surface area is 188 Å². The SMILES string of the molecule is CCN1C(=O)[C@]2(c3ccccc31)[C@@H]1C(=O)N(c3ccc(Br)cc3)C(=O)[C@H]1[C@H]1CCCN12. The second-order valence-corrected chi connectivity index (χ2v) is 9.64. The van der Waals surface area contributed by atoms with Gasteiger partial charge in [-0.05, 0) is 56.6 Å². The average Bonchev–Trinajstić information content (AvgIpc) is 3.47. The first kappa shape index (κ1) is 19.2. The molecule has 4 heterocycles. The van der Waals surface area contributed by atoms with Crippen LogP contribution in [0.5, 0.6) is 0 Å². The summed E-state index contributed by atoms with van der Waals surface area (Å²) in [6, 6.07) is 14.9. The number of benzene rings is 2. The van der Waals surface area contributed by atoms with E-state index in [1.54, 1.807) is 17.0 Å². The number of anilines is 2. The second-order valence-electron chi connectivity index (χ2n) is 8.73. The van der Waals surface area contributed by atoms with Crippen LogP contribution in [0.2, 0.25) is 0 Å². The smallest absolute Gasteiger partial charge is 0.253 e. The van der Waals surface area contributed by atoms with E-state index >= 15 is 0 Å². The number of amides is 3. The molecule has 0 aromatic heterocycles. The zero-order chi connectivity index (χ0) is 21.5. The van der Waals surface area contributed by atoms with Crippen LogP contribution < -0.4 is 9.80 Å². The Morgan fingerprint density at radius 2 is 1.77 bits per heavy atom. The van der Waals surface area contributed by atoms with Crippen molar-refractivity contribution in [2.75, 3.05) is 22.9 Å². The summed E-state index contributed by atoms with van der Waals surface area (Å²) in [5.74, 6) is -1.68. The molecular weight excluding hydrogens is 458 g/mol. The maximum Gasteiger partial charge on any atom is 0.253 e. The lowest BCUT2D eigenvalue weighted by Gasteiger charge is -2.37. The fourth-order valence-corrected chi connectivity index (χ4v) is 6.76. The summed E-state index contributed by atoms with van der Waals surface area (Å²) in [7, 11) is 0. The highest BCUT2D eigenvalue weighted by atomic mass is 79.9. The summed E-state index contributed by atoms with van der Waals surface area (Å²) in [5.41, 5.74) is 1.22. The Bertz CT molecular complexity index is 1130. The van der Waals surface area contributed by atoms with E-state index in [-0.39, 0.29) is 23.8 Å². The lowest BCUT2D eigenvalue weighted by Crippen LogP contribution is -2.56. The highest BCUT2D eigenvalue weighted by Gasteiger charge is 2.75. The van der Waals surface area contributed by atoms with E-state index in [9.17, 15) is 14.4 Å². The summed E-state index contributed by atoms with van der Waals surface area (Å²) >= 11 is 3.41. The molecule has 4 aliphatic heterocycles. The largest absolute Gasteiger partial charge is 0.310 e. The monoisotopic (exact) mass is 479 g/mol. The fraction of sp³-hybridized carbons (Fsp3) is 0.375. The zero-order valence-corrected chi connectivity index (χ0v) is 18.7. The van der Waals surface area contributed by atoms with Gasteiger partial charge in [-0.2, -0.15) is 0 Å². The molecule has 0 radical (unpaired) electrons. The molecule has 0 saturated carbocycles. The van der Waals surface area contributed by atoms with Crippen LogP contribution in [0.15, 0.2) is 53.0 Å². The number of hydrogen-bond acceptors (Lipinski definition) is 4. The van der Waals surface area contributed by atoms with Gasteiger partial charge >= 0.3 is 0 Å². The molecular formula is C24H22BrN3O3. The molecule has 4 atom stereocenters. The molecule has 2 aromatic carbocycles. The number of nitrogens with zero attached hydrogens (tertiary/aromatic N) is 3. The molecule has 6 rings (SSSR count). The van der Waals surface area contributed by atoms with Gasteiger partial charge in [0.25, 0.3) is 5.91 Å². The van der Waals surface area contributed by atoms with E-state index in [1.807, 2.05) is 43.3 Å². The Morgan fingerprint density at radius 1 is 1.03 bits per heavy atom. The van der Waals surface area contributed by atoms with Gasteiger partial charge in [0.2, 0.25) is 11.8 Å². The molecule has 0 bridgehead atoms. The number of halogens is 1. The highest BCUT2D eigenvalue weighted by molar-refractivity contribution is 9.10. The third-order valence-corrected chi connectivity index (χ3v) is 8.07. The molecule has 0 N–H and O–H groups in total. The van der Waals surface area contributed by atoms with Gasteiger partial charge in [0, 0.05) is 28.3 Å². The maximum absolute atomic E-state index is 14.0. The molecule has 2 aromatic rings. The van der Waals surface area contributed by atoms with Gasteiger partial charge in [-0.15, -0.1) is 0 Å². The Morgan fingerprint density at radius 3 is 2.52 bits per heavy atom.